The summed E-state index contributed by atoms with van der Waals surface area (Å²) in [6.45, 7) is 3.59. The zero-order valence-corrected chi connectivity index (χ0v) is 9.31. The van der Waals surface area contributed by atoms with E-state index in [0.717, 1.165) is 5.69 Å². The van der Waals surface area contributed by atoms with Crippen LogP contribution in [0.2, 0.25) is 0 Å². The number of aryl methyl sites for hydroxylation is 3. The second-order valence-corrected chi connectivity index (χ2v) is 3.52. The lowest BCUT2D eigenvalue weighted by atomic mass is 10.4. The number of anilines is 1. The third-order valence-electron chi connectivity index (χ3n) is 2.06. The van der Waals surface area contributed by atoms with E-state index in [1.165, 1.54) is 6.20 Å². The number of carbonyl (C=O) groups is 1. The van der Waals surface area contributed by atoms with E-state index >= 15 is 0 Å². The Kier molecular flexibility index (Phi) is 2.47. The molecular weight excluding hydrogens is 208 g/mol. The fourth-order valence-electron chi connectivity index (χ4n) is 1.36. The van der Waals surface area contributed by atoms with E-state index in [4.69, 9.17) is 4.42 Å². The molecule has 6 heteroatoms. The summed E-state index contributed by atoms with van der Waals surface area (Å²) < 4.78 is 6.70. The molecule has 84 valence electrons. The van der Waals surface area contributed by atoms with Gasteiger partial charge in [0.2, 0.25) is 0 Å². The van der Waals surface area contributed by atoms with Crippen molar-refractivity contribution in [3.63, 3.8) is 0 Å². The van der Waals surface area contributed by atoms with Gasteiger partial charge in [0.05, 0.1) is 11.9 Å². The van der Waals surface area contributed by atoms with E-state index in [1.54, 1.807) is 24.7 Å². The van der Waals surface area contributed by atoms with Gasteiger partial charge in [-0.1, -0.05) is 0 Å². The highest BCUT2D eigenvalue weighted by Crippen LogP contribution is 2.10. The van der Waals surface area contributed by atoms with Crippen molar-refractivity contribution in [2.24, 2.45) is 7.05 Å². The van der Waals surface area contributed by atoms with Gasteiger partial charge in [-0.3, -0.25) is 9.48 Å². The summed E-state index contributed by atoms with van der Waals surface area (Å²) in [7, 11) is 1.75. The lowest BCUT2D eigenvalue weighted by Gasteiger charge is -2.01. The molecule has 16 heavy (non-hydrogen) atoms. The van der Waals surface area contributed by atoms with Crippen LogP contribution in [-0.2, 0) is 7.05 Å². The highest BCUT2D eigenvalue weighted by atomic mass is 16.4. The third-order valence-corrected chi connectivity index (χ3v) is 2.06. The molecular formula is C10H12N4O2. The number of nitrogens with one attached hydrogen (secondary N) is 1. The molecule has 0 fully saturated rings. The van der Waals surface area contributed by atoms with Gasteiger partial charge in [0.15, 0.2) is 0 Å². The van der Waals surface area contributed by atoms with E-state index in [9.17, 15) is 4.79 Å². The van der Waals surface area contributed by atoms with Crippen LogP contribution < -0.4 is 5.32 Å². The number of hydrogen-bond donors (Lipinski definition) is 1. The molecule has 0 radical (unpaired) electrons. The Morgan fingerprint density at radius 2 is 2.25 bits per heavy atom. The molecule has 1 N–H and O–H groups in total. The number of aromatic nitrogens is 3. The molecule has 0 aliphatic carbocycles. The molecule has 2 rings (SSSR count). The van der Waals surface area contributed by atoms with Crippen molar-refractivity contribution < 1.29 is 9.21 Å². The van der Waals surface area contributed by atoms with Crippen molar-refractivity contribution in [2.75, 3.05) is 5.32 Å². The smallest absolute Gasteiger partial charge is 0.312 e. The Hall–Kier alpha value is -2.11. The van der Waals surface area contributed by atoms with Gasteiger partial charge in [0.25, 0.3) is 5.89 Å². The maximum absolute atomic E-state index is 11.7. The molecule has 6 nitrogen and oxygen atoms in total. The standard InChI is InChI=1S/C10H12N4O2/c1-6-4-8(14(3)13-6)12-9(15)10-11-5-7(2)16-10/h4-5H,1-3H3,(H,12,15). The Labute approximate surface area is 92.3 Å². The second kappa shape index (κ2) is 3.80. The third kappa shape index (κ3) is 1.95. The summed E-state index contributed by atoms with van der Waals surface area (Å²) in [5.41, 5.74) is 0.835. The topological polar surface area (TPSA) is 73.0 Å². The van der Waals surface area contributed by atoms with Crippen LogP contribution in [0, 0.1) is 13.8 Å². The van der Waals surface area contributed by atoms with Gasteiger partial charge in [-0.05, 0) is 13.8 Å². The van der Waals surface area contributed by atoms with Crippen molar-refractivity contribution in [1.29, 1.82) is 0 Å². The molecule has 2 heterocycles. The Morgan fingerprint density at radius 1 is 1.50 bits per heavy atom. The molecule has 0 bridgehead atoms. The highest BCUT2D eigenvalue weighted by Gasteiger charge is 2.14. The number of amides is 1. The van der Waals surface area contributed by atoms with Gasteiger partial charge in [-0.25, -0.2) is 4.98 Å². The minimum Gasteiger partial charge on any atom is -0.438 e. The zero-order chi connectivity index (χ0) is 11.7. The second-order valence-electron chi connectivity index (χ2n) is 3.52. The van der Waals surface area contributed by atoms with E-state index in [-0.39, 0.29) is 11.8 Å². The van der Waals surface area contributed by atoms with Crippen molar-refractivity contribution >= 4 is 11.7 Å². The molecule has 0 atom stereocenters. The van der Waals surface area contributed by atoms with Crippen LogP contribution in [0.1, 0.15) is 22.1 Å². The van der Waals surface area contributed by atoms with Gasteiger partial charge >= 0.3 is 5.91 Å². The first-order valence-electron chi connectivity index (χ1n) is 4.80. The van der Waals surface area contributed by atoms with Crippen LogP contribution in [0.4, 0.5) is 5.82 Å². The number of carbonyl (C=O) groups excluding carboxylic acids is 1. The molecule has 0 aromatic carbocycles. The van der Waals surface area contributed by atoms with Crippen LogP contribution in [0.5, 0.6) is 0 Å². The van der Waals surface area contributed by atoms with Gasteiger partial charge < -0.3 is 9.73 Å². The highest BCUT2D eigenvalue weighted by molar-refractivity contribution is 6.00. The van der Waals surface area contributed by atoms with Crippen molar-refractivity contribution in [3.8, 4) is 0 Å². The van der Waals surface area contributed by atoms with Gasteiger partial charge in [0, 0.05) is 13.1 Å². The predicted molar refractivity (Wildman–Crippen MR) is 57.1 cm³/mol. The Balaban J connectivity index is 2.16. The molecule has 0 saturated carbocycles. The normalized spacial score (nSPS) is 10.4. The SMILES string of the molecule is Cc1cc(NC(=O)c2ncc(C)o2)n(C)n1. The molecule has 2 aromatic heterocycles. The average Bonchev–Trinajstić information content (AvgIpc) is 2.74. The molecule has 0 spiro atoms. The van der Waals surface area contributed by atoms with Crippen LogP contribution >= 0.6 is 0 Å². The maximum atomic E-state index is 11.7. The first-order chi connectivity index (χ1) is 7.56. The Bertz CT molecular complexity index is 527. The van der Waals surface area contributed by atoms with Crippen LogP contribution in [0.15, 0.2) is 16.7 Å². The molecule has 0 aliphatic heterocycles. The molecule has 0 unspecified atom stereocenters. The zero-order valence-electron chi connectivity index (χ0n) is 9.31. The predicted octanol–water partition coefficient (Wildman–Crippen LogP) is 1.28. The first kappa shape index (κ1) is 10.4. The van der Waals surface area contributed by atoms with Crippen LogP contribution in [-0.4, -0.2) is 20.7 Å². The lowest BCUT2D eigenvalue weighted by Crippen LogP contribution is -2.14. The van der Waals surface area contributed by atoms with Crippen molar-refractivity contribution in [1.82, 2.24) is 14.8 Å². The number of hydrogen-bond acceptors (Lipinski definition) is 4. The number of oxazole rings is 1. The minimum atomic E-state index is -0.379. The summed E-state index contributed by atoms with van der Waals surface area (Å²) in [4.78, 5) is 15.5. The summed E-state index contributed by atoms with van der Waals surface area (Å²) in [5, 5.41) is 6.78. The summed E-state index contributed by atoms with van der Waals surface area (Å²) in [6.07, 6.45) is 1.50. The van der Waals surface area contributed by atoms with E-state index in [0.29, 0.717) is 11.6 Å². The monoisotopic (exact) mass is 220 g/mol. The molecule has 0 aliphatic rings. The molecule has 1 amide bonds. The quantitative estimate of drug-likeness (QED) is 0.827. The van der Waals surface area contributed by atoms with E-state index in [2.05, 4.69) is 15.4 Å². The first-order valence-corrected chi connectivity index (χ1v) is 4.80. The average molecular weight is 220 g/mol. The summed E-state index contributed by atoms with van der Waals surface area (Å²) >= 11 is 0. The van der Waals surface area contributed by atoms with Crippen LogP contribution in [0.25, 0.3) is 0 Å². The number of rotatable bonds is 2. The summed E-state index contributed by atoms with van der Waals surface area (Å²) in [5.74, 6) is 0.886. The lowest BCUT2D eigenvalue weighted by molar-refractivity contribution is 0.0988. The minimum absolute atomic E-state index is 0.0522. The summed E-state index contributed by atoms with van der Waals surface area (Å²) in [6, 6.07) is 1.77. The van der Waals surface area contributed by atoms with Crippen molar-refractivity contribution in [3.05, 3.63) is 29.6 Å². The largest absolute Gasteiger partial charge is 0.438 e. The number of nitrogens with zero attached hydrogens (tertiary/aromatic N) is 3. The van der Waals surface area contributed by atoms with Gasteiger partial charge in [-0.2, -0.15) is 5.10 Å². The maximum Gasteiger partial charge on any atom is 0.312 e. The fourth-order valence-corrected chi connectivity index (χ4v) is 1.36. The Morgan fingerprint density at radius 3 is 2.75 bits per heavy atom. The van der Waals surface area contributed by atoms with E-state index in [1.807, 2.05) is 6.92 Å². The fraction of sp³-hybridized carbons (Fsp3) is 0.300. The molecule has 0 saturated heterocycles. The van der Waals surface area contributed by atoms with Gasteiger partial charge in [0.1, 0.15) is 11.6 Å². The molecule has 2 aromatic rings. The van der Waals surface area contributed by atoms with E-state index < -0.39 is 0 Å². The van der Waals surface area contributed by atoms with Crippen LogP contribution in [0.3, 0.4) is 0 Å². The van der Waals surface area contributed by atoms with Crippen molar-refractivity contribution in [2.45, 2.75) is 13.8 Å². The van der Waals surface area contributed by atoms with Gasteiger partial charge in [-0.15, -0.1) is 0 Å².